The lowest BCUT2D eigenvalue weighted by molar-refractivity contribution is -0.138. The Balaban J connectivity index is 2.77. The maximum Gasteiger partial charge on any atom is 0.354 e. The Morgan fingerprint density at radius 1 is 1.62 bits per heavy atom. The van der Waals surface area contributed by atoms with Crippen LogP contribution in [0.1, 0.15) is 6.92 Å². The number of rotatable bonds is 2. The number of hydrogen-bond donors (Lipinski definition) is 0. The van der Waals surface area contributed by atoms with Crippen LogP contribution in [0.2, 0.25) is 0 Å². The summed E-state index contributed by atoms with van der Waals surface area (Å²) in [4.78, 5) is 11.2. The molecule has 0 aromatic rings. The molecule has 0 radical (unpaired) electrons. The number of terminal acetylenes is 1. The van der Waals surface area contributed by atoms with Gasteiger partial charge in [-0.3, -0.25) is 0 Å². The van der Waals surface area contributed by atoms with Crippen molar-refractivity contribution in [2.24, 2.45) is 0 Å². The number of carbonyl (C=O) groups is 1. The average molecular weight is 182 g/mol. The van der Waals surface area contributed by atoms with Crippen molar-refractivity contribution in [2.45, 2.75) is 6.92 Å². The second kappa shape index (κ2) is 4.41. The van der Waals surface area contributed by atoms with E-state index in [1.54, 1.807) is 6.92 Å². The van der Waals surface area contributed by atoms with Gasteiger partial charge in [-0.1, -0.05) is 5.92 Å². The van der Waals surface area contributed by atoms with Gasteiger partial charge in [0.1, 0.15) is 13.2 Å². The smallest absolute Gasteiger partial charge is 0.354 e. The SMILES string of the molecule is C#CC(C(=O)OCC)=C1OCCO1. The van der Waals surface area contributed by atoms with E-state index < -0.39 is 5.97 Å². The summed E-state index contributed by atoms with van der Waals surface area (Å²) in [6.07, 6.45) is 5.12. The minimum atomic E-state index is -0.582. The van der Waals surface area contributed by atoms with Crippen LogP contribution in [0.3, 0.4) is 0 Å². The highest BCUT2D eigenvalue weighted by atomic mass is 16.7. The maximum absolute atomic E-state index is 11.2. The summed E-state index contributed by atoms with van der Waals surface area (Å²) >= 11 is 0. The monoisotopic (exact) mass is 182 g/mol. The molecule has 4 heteroatoms. The molecule has 1 aliphatic heterocycles. The first-order valence-electron chi connectivity index (χ1n) is 3.93. The van der Waals surface area contributed by atoms with Gasteiger partial charge < -0.3 is 14.2 Å². The molecule has 1 fully saturated rings. The lowest BCUT2D eigenvalue weighted by Gasteiger charge is -2.02. The topological polar surface area (TPSA) is 44.8 Å². The highest BCUT2D eigenvalue weighted by molar-refractivity contribution is 5.93. The molecule has 0 aromatic heterocycles. The first kappa shape index (κ1) is 9.46. The van der Waals surface area contributed by atoms with Crippen LogP contribution in [-0.4, -0.2) is 25.8 Å². The standard InChI is InChI=1S/C9H10O4/c1-3-7(8(10)11-4-2)9-12-5-6-13-9/h1H,4-6H2,2H3. The van der Waals surface area contributed by atoms with Crippen LogP contribution in [-0.2, 0) is 19.0 Å². The summed E-state index contributed by atoms with van der Waals surface area (Å²) in [6.45, 7) is 2.81. The molecule has 0 amide bonds. The normalized spacial score (nSPS) is 14.0. The van der Waals surface area contributed by atoms with Gasteiger partial charge in [0.15, 0.2) is 5.57 Å². The minimum Gasteiger partial charge on any atom is -0.462 e. The molecule has 70 valence electrons. The van der Waals surface area contributed by atoms with Gasteiger partial charge in [-0.2, -0.15) is 0 Å². The van der Waals surface area contributed by atoms with Gasteiger partial charge >= 0.3 is 11.9 Å². The number of hydrogen-bond acceptors (Lipinski definition) is 4. The van der Waals surface area contributed by atoms with E-state index >= 15 is 0 Å². The summed E-state index contributed by atoms with van der Waals surface area (Å²) < 4.78 is 14.7. The highest BCUT2D eigenvalue weighted by Crippen LogP contribution is 2.14. The zero-order valence-electron chi connectivity index (χ0n) is 7.33. The second-order valence-corrected chi connectivity index (χ2v) is 2.22. The molecular weight excluding hydrogens is 172 g/mol. The van der Waals surface area contributed by atoms with Gasteiger partial charge in [-0.15, -0.1) is 6.42 Å². The summed E-state index contributed by atoms with van der Waals surface area (Å²) in [7, 11) is 0. The van der Waals surface area contributed by atoms with Crippen molar-refractivity contribution in [1.29, 1.82) is 0 Å². The molecule has 0 unspecified atom stereocenters. The summed E-state index contributed by atoms with van der Waals surface area (Å²) in [5.74, 6) is 1.70. The Morgan fingerprint density at radius 3 is 2.69 bits per heavy atom. The zero-order chi connectivity index (χ0) is 9.68. The van der Waals surface area contributed by atoms with Gasteiger partial charge in [0.05, 0.1) is 6.61 Å². The van der Waals surface area contributed by atoms with Crippen LogP contribution in [0.25, 0.3) is 0 Å². The zero-order valence-corrected chi connectivity index (χ0v) is 7.33. The fourth-order valence-electron chi connectivity index (χ4n) is 0.859. The van der Waals surface area contributed by atoms with Gasteiger partial charge in [0, 0.05) is 0 Å². The van der Waals surface area contributed by atoms with Crippen LogP contribution in [0.15, 0.2) is 11.5 Å². The maximum atomic E-state index is 11.2. The Labute approximate surface area is 76.5 Å². The van der Waals surface area contributed by atoms with Crippen molar-refractivity contribution in [3.05, 3.63) is 11.5 Å². The molecule has 0 aromatic carbocycles. The third-order valence-corrected chi connectivity index (χ3v) is 1.38. The molecular formula is C9H10O4. The Hall–Kier alpha value is -1.63. The first-order chi connectivity index (χ1) is 6.29. The Kier molecular flexibility index (Phi) is 3.21. The quantitative estimate of drug-likeness (QED) is 0.353. The highest BCUT2D eigenvalue weighted by Gasteiger charge is 2.21. The molecule has 0 atom stereocenters. The molecule has 0 aliphatic carbocycles. The van der Waals surface area contributed by atoms with Crippen molar-refractivity contribution in [1.82, 2.24) is 0 Å². The Morgan fingerprint density at radius 2 is 2.23 bits per heavy atom. The van der Waals surface area contributed by atoms with E-state index in [0.29, 0.717) is 13.2 Å². The lowest BCUT2D eigenvalue weighted by Crippen LogP contribution is -2.09. The van der Waals surface area contributed by atoms with Crippen LogP contribution in [0, 0.1) is 12.3 Å². The molecule has 0 saturated carbocycles. The van der Waals surface area contributed by atoms with Crippen molar-refractivity contribution in [3.63, 3.8) is 0 Å². The van der Waals surface area contributed by atoms with Crippen molar-refractivity contribution >= 4 is 5.97 Å². The fourth-order valence-corrected chi connectivity index (χ4v) is 0.859. The van der Waals surface area contributed by atoms with Crippen LogP contribution in [0.5, 0.6) is 0 Å². The van der Waals surface area contributed by atoms with E-state index in [4.69, 9.17) is 20.6 Å². The third-order valence-electron chi connectivity index (χ3n) is 1.38. The first-order valence-corrected chi connectivity index (χ1v) is 3.93. The molecule has 1 aliphatic rings. The predicted molar refractivity (Wildman–Crippen MR) is 44.4 cm³/mol. The van der Waals surface area contributed by atoms with E-state index in [1.807, 2.05) is 0 Å². The van der Waals surface area contributed by atoms with E-state index in [-0.39, 0.29) is 18.1 Å². The minimum absolute atomic E-state index is 0.0133. The predicted octanol–water partition coefficient (Wildman–Crippen LogP) is 0.441. The van der Waals surface area contributed by atoms with Crippen molar-refractivity contribution < 1.29 is 19.0 Å². The van der Waals surface area contributed by atoms with E-state index in [0.717, 1.165) is 0 Å². The van der Waals surface area contributed by atoms with Gasteiger partial charge in [0.2, 0.25) is 0 Å². The van der Waals surface area contributed by atoms with Gasteiger partial charge in [-0.25, -0.2) is 4.79 Å². The second-order valence-electron chi connectivity index (χ2n) is 2.22. The number of ether oxygens (including phenoxy) is 3. The van der Waals surface area contributed by atoms with Crippen molar-refractivity contribution in [2.75, 3.05) is 19.8 Å². The summed E-state index contributed by atoms with van der Waals surface area (Å²) in [5.41, 5.74) is 0.0133. The molecule has 0 bridgehead atoms. The van der Waals surface area contributed by atoms with E-state index in [1.165, 1.54) is 0 Å². The fraction of sp³-hybridized carbons (Fsp3) is 0.444. The molecule has 1 saturated heterocycles. The molecule has 1 rings (SSSR count). The molecule has 0 spiro atoms. The third kappa shape index (κ3) is 2.15. The molecule has 4 nitrogen and oxygen atoms in total. The van der Waals surface area contributed by atoms with Crippen LogP contribution < -0.4 is 0 Å². The van der Waals surface area contributed by atoms with Crippen LogP contribution >= 0.6 is 0 Å². The van der Waals surface area contributed by atoms with E-state index in [9.17, 15) is 4.79 Å². The Bertz CT molecular complexity index is 264. The average Bonchev–Trinajstić information content (AvgIpc) is 2.59. The largest absolute Gasteiger partial charge is 0.462 e. The number of esters is 1. The van der Waals surface area contributed by atoms with Gasteiger partial charge in [-0.05, 0) is 6.92 Å². The van der Waals surface area contributed by atoms with Crippen LogP contribution in [0.4, 0.5) is 0 Å². The summed E-state index contributed by atoms with van der Waals surface area (Å²) in [6, 6.07) is 0. The summed E-state index contributed by atoms with van der Waals surface area (Å²) in [5, 5.41) is 0. The lowest BCUT2D eigenvalue weighted by atomic mass is 10.3. The molecule has 1 heterocycles. The molecule has 13 heavy (non-hydrogen) atoms. The molecule has 0 N–H and O–H groups in total. The number of carbonyl (C=O) groups excluding carboxylic acids is 1. The van der Waals surface area contributed by atoms with E-state index in [2.05, 4.69) is 5.92 Å². The van der Waals surface area contributed by atoms with Crippen molar-refractivity contribution in [3.8, 4) is 12.3 Å². The van der Waals surface area contributed by atoms with Gasteiger partial charge in [0.25, 0.3) is 0 Å².